The molecule has 0 N–H and O–H groups in total. The standard InChI is InChI=1S/C13H14N2O6/c1-20-11-4-3-9(15(18)19)6-10(11)14-7-8(5-12(14)16)13(17)21-2/h3-4,6,8H,5,7H2,1-2H3/t8-/m0/s1. The van der Waals surface area contributed by atoms with Gasteiger partial charge in [-0.2, -0.15) is 0 Å². The molecule has 0 radical (unpaired) electrons. The molecule has 1 aliphatic heterocycles. The highest BCUT2D eigenvalue weighted by Gasteiger charge is 2.37. The fourth-order valence-electron chi connectivity index (χ4n) is 2.27. The molecule has 1 aliphatic rings. The van der Waals surface area contributed by atoms with Crippen LogP contribution < -0.4 is 9.64 Å². The van der Waals surface area contributed by atoms with Crippen molar-refractivity contribution in [3.63, 3.8) is 0 Å². The van der Waals surface area contributed by atoms with Gasteiger partial charge in [-0.25, -0.2) is 0 Å². The molecule has 1 aromatic rings. The third-order valence-corrected chi connectivity index (χ3v) is 3.32. The summed E-state index contributed by atoms with van der Waals surface area (Å²) >= 11 is 0. The molecular weight excluding hydrogens is 280 g/mol. The number of carbonyl (C=O) groups is 2. The van der Waals surface area contributed by atoms with Gasteiger partial charge in [0, 0.05) is 25.1 Å². The number of benzene rings is 1. The molecule has 1 amide bonds. The zero-order chi connectivity index (χ0) is 15.6. The molecule has 1 aromatic carbocycles. The smallest absolute Gasteiger partial charge is 0.311 e. The molecule has 0 spiro atoms. The lowest BCUT2D eigenvalue weighted by Crippen LogP contribution is -2.26. The quantitative estimate of drug-likeness (QED) is 0.469. The third-order valence-electron chi connectivity index (χ3n) is 3.32. The van der Waals surface area contributed by atoms with Crippen LogP contribution in [0.25, 0.3) is 0 Å². The maximum Gasteiger partial charge on any atom is 0.311 e. The van der Waals surface area contributed by atoms with Crippen LogP contribution in [0.3, 0.4) is 0 Å². The van der Waals surface area contributed by atoms with Gasteiger partial charge in [0.25, 0.3) is 5.69 Å². The Bertz CT molecular complexity index is 600. The van der Waals surface area contributed by atoms with Crippen LogP contribution in [0.2, 0.25) is 0 Å². The van der Waals surface area contributed by atoms with Crippen molar-refractivity contribution in [2.75, 3.05) is 25.7 Å². The molecule has 1 heterocycles. The van der Waals surface area contributed by atoms with Crippen molar-refractivity contribution in [1.82, 2.24) is 0 Å². The monoisotopic (exact) mass is 294 g/mol. The molecule has 0 saturated carbocycles. The van der Waals surface area contributed by atoms with Crippen molar-refractivity contribution < 1.29 is 24.0 Å². The molecule has 0 unspecified atom stereocenters. The first-order valence-corrected chi connectivity index (χ1v) is 6.18. The first kappa shape index (κ1) is 14.8. The van der Waals surface area contributed by atoms with Crippen LogP contribution in [0.15, 0.2) is 18.2 Å². The molecular formula is C13H14N2O6. The maximum absolute atomic E-state index is 12.0. The Morgan fingerprint density at radius 3 is 2.71 bits per heavy atom. The molecule has 8 nitrogen and oxygen atoms in total. The van der Waals surface area contributed by atoms with Crippen molar-refractivity contribution >= 4 is 23.3 Å². The minimum Gasteiger partial charge on any atom is -0.495 e. The zero-order valence-electron chi connectivity index (χ0n) is 11.6. The SMILES string of the molecule is COC(=O)[C@H]1CC(=O)N(c2cc([N+](=O)[O-])ccc2OC)C1. The number of esters is 1. The summed E-state index contributed by atoms with van der Waals surface area (Å²) in [5.41, 5.74) is 0.128. The molecule has 112 valence electrons. The molecule has 1 saturated heterocycles. The van der Waals surface area contributed by atoms with Crippen molar-refractivity contribution in [3.8, 4) is 5.75 Å². The number of nitro groups is 1. The zero-order valence-corrected chi connectivity index (χ0v) is 11.6. The van der Waals surface area contributed by atoms with Crippen LogP contribution in [-0.4, -0.2) is 37.6 Å². The Balaban J connectivity index is 2.36. The van der Waals surface area contributed by atoms with Crippen LogP contribution in [0, 0.1) is 16.0 Å². The molecule has 1 fully saturated rings. The highest BCUT2D eigenvalue weighted by molar-refractivity contribution is 6.00. The Hall–Kier alpha value is -2.64. The molecule has 0 aromatic heterocycles. The number of methoxy groups -OCH3 is 2. The Morgan fingerprint density at radius 2 is 2.14 bits per heavy atom. The summed E-state index contributed by atoms with van der Waals surface area (Å²) in [5.74, 6) is -1.02. The summed E-state index contributed by atoms with van der Waals surface area (Å²) in [6, 6.07) is 3.98. The summed E-state index contributed by atoms with van der Waals surface area (Å²) in [6.07, 6.45) is 0.0124. The van der Waals surface area contributed by atoms with Gasteiger partial charge in [0.1, 0.15) is 5.75 Å². The number of hydrogen-bond donors (Lipinski definition) is 0. The first-order chi connectivity index (χ1) is 9.97. The summed E-state index contributed by atoms with van der Waals surface area (Å²) in [6.45, 7) is 0.114. The van der Waals surface area contributed by atoms with E-state index in [-0.39, 0.29) is 30.2 Å². The second-order valence-corrected chi connectivity index (χ2v) is 4.54. The number of anilines is 1. The van der Waals surface area contributed by atoms with E-state index in [0.29, 0.717) is 5.75 Å². The number of rotatable bonds is 4. The van der Waals surface area contributed by atoms with Gasteiger partial charge < -0.3 is 14.4 Å². The molecule has 21 heavy (non-hydrogen) atoms. The van der Waals surface area contributed by atoms with Crippen LogP contribution in [0.4, 0.5) is 11.4 Å². The first-order valence-electron chi connectivity index (χ1n) is 6.18. The van der Waals surface area contributed by atoms with E-state index in [9.17, 15) is 19.7 Å². The van der Waals surface area contributed by atoms with Crippen molar-refractivity contribution in [2.45, 2.75) is 6.42 Å². The lowest BCUT2D eigenvalue weighted by Gasteiger charge is -2.19. The van der Waals surface area contributed by atoms with Gasteiger partial charge in [-0.3, -0.25) is 19.7 Å². The van der Waals surface area contributed by atoms with Gasteiger partial charge in [-0.15, -0.1) is 0 Å². The fraction of sp³-hybridized carbons (Fsp3) is 0.385. The van der Waals surface area contributed by atoms with E-state index in [1.165, 1.54) is 37.3 Å². The Kier molecular flexibility index (Phi) is 4.06. The number of nitrogens with zero attached hydrogens (tertiary/aromatic N) is 2. The second kappa shape index (κ2) is 5.78. The van der Waals surface area contributed by atoms with Crippen molar-refractivity contribution in [3.05, 3.63) is 28.3 Å². The van der Waals surface area contributed by atoms with E-state index >= 15 is 0 Å². The summed E-state index contributed by atoms with van der Waals surface area (Å²) < 4.78 is 9.76. The van der Waals surface area contributed by atoms with Gasteiger partial charge >= 0.3 is 5.97 Å². The van der Waals surface area contributed by atoms with Crippen LogP contribution in [0.5, 0.6) is 5.75 Å². The number of nitro benzene ring substituents is 1. The predicted molar refractivity (Wildman–Crippen MR) is 72.1 cm³/mol. The van der Waals surface area contributed by atoms with Crippen LogP contribution in [0.1, 0.15) is 6.42 Å². The highest BCUT2D eigenvalue weighted by atomic mass is 16.6. The summed E-state index contributed by atoms with van der Waals surface area (Å²) in [7, 11) is 2.66. The predicted octanol–water partition coefficient (Wildman–Crippen LogP) is 1.13. The fourth-order valence-corrected chi connectivity index (χ4v) is 2.27. The van der Waals surface area contributed by atoms with E-state index in [4.69, 9.17) is 4.74 Å². The maximum atomic E-state index is 12.0. The van der Waals surface area contributed by atoms with Gasteiger partial charge in [-0.05, 0) is 6.07 Å². The molecule has 0 aliphatic carbocycles. The minimum absolute atomic E-state index is 0.0124. The Morgan fingerprint density at radius 1 is 1.43 bits per heavy atom. The van der Waals surface area contributed by atoms with Gasteiger partial charge in [-0.1, -0.05) is 0 Å². The van der Waals surface area contributed by atoms with Crippen LogP contribution >= 0.6 is 0 Å². The number of carbonyl (C=O) groups excluding carboxylic acids is 2. The van der Waals surface area contributed by atoms with Crippen LogP contribution in [-0.2, 0) is 14.3 Å². The normalized spacial score (nSPS) is 17.7. The lowest BCUT2D eigenvalue weighted by molar-refractivity contribution is -0.384. The van der Waals surface area contributed by atoms with E-state index in [1.807, 2.05) is 0 Å². The van der Waals surface area contributed by atoms with E-state index < -0.39 is 16.8 Å². The van der Waals surface area contributed by atoms with E-state index in [0.717, 1.165) is 0 Å². The highest BCUT2D eigenvalue weighted by Crippen LogP contribution is 2.36. The number of ether oxygens (including phenoxy) is 2. The summed E-state index contributed by atoms with van der Waals surface area (Å²) in [4.78, 5) is 35.2. The lowest BCUT2D eigenvalue weighted by atomic mass is 10.1. The van der Waals surface area contributed by atoms with Crippen molar-refractivity contribution in [1.29, 1.82) is 0 Å². The number of amides is 1. The van der Waals surface area contributed by atoms with Gasteiger partial charge in [0.2, 0.25) is 5.91 Å². The third kappa shape index (κ3) is 2.78. The number of non-ortho nitro benzene ring substituents is 1. The topological polar surface area (TPSA) is 99.0 Å². The van der Waals surface area contributed by atoms with Crippen molar-refractivity contribution in [2.24, 2.45) is 5.92 Å². The molecule has 1 atom stereocenters. The van der Waals surface area contributed by atoms with Gasteiger partial charge in [0.15, 0.2) is 0 Å². The van der Waals surface area contributed by atoms with E-state index in [1.54, 1.807) is 0 Å². The molecule has 8 heteroatoms. The average Bonchev–Trinajstić information content (AvgIpc) is 2.87. The Labute approximate surface area is 120 Å². The average molecular weight is 294 g/mol. The van der Waals surface area contributed by atoms with E-state index in [2.05, 4.69) is 4.74 Å². The van der Waals surface area contributed by atoms with Gasteiger partial charge in [0.05, 0.1) is 30.7 Å². The summed E-state index contributed by atoms with van der Waals surface area (Å²) in [5, 5.41) is 10.9. The number of hydrogen-bond acceptors (Lipinski definition) is 6. The largest absolute Gasteiger partial charge is 0.495 e. The minimum atomic E-state index is -0.577. The second-order valence-electron chi connectivity index (χ2n) is 4.54. The molecule has 2 rings (SSSR count). The molecule has 0 bridgehead atoms.